The Hall–Kier alpha value is -1.40. The normalized spacial score (nSPS) is 9.00. The van der Waals surface area contributed by atoms with Gasteiger partial charge in [-0.05, 0) is 0 Å². The van der Waals surface area contributed by atoms with Gasteiger partial charge in [0.1, 0.15) is 0 Å². The minimum absolute atomic E-state index is 0.421. The molecule has 6 heteroatoms. The van der Waals surface area contributed by atoms with Gasteiger partial charge in [-0.3, -0.25) is 0 Å². The molecule has 6 N–H and O–H groups in total. The summed E-state index contributed by atoms with van der Waals surface area (Å²) in [5.74, 6) is 11.0. The van der Waals surface area contributed by atoms with E-state index in [9.17, 15) is 0 Å². The maximum Gasteiger partial charge on any atom is 0.184 e. The van der Waals surface area contributed by atoms with Gasteiger partial charge in [0.25, 0.3) is 0 Å². The first-order chi connectivity index (χ1) is 4.88. The Labute approximate surface area is 57.6 Å². The zero-order valence-corrected chi connectivity index (χ0v) is 5.20. The van der Waals surface area contributed by atoms with Crippen LogP contribution in [-0.4, -0.2) is 9.97 Å². The zero-order valence-electron chi connectivity index (χ0n) is 5.20. The van der Waals surface area contributed by atoms with Gasteiger partial charge in [0.2, 0.25) is 0 Å². The van der Waals surface area contributed by atoms with Crippen LogP contribution < -0.4 is 22.5 Å². The molecule has 0 bridgehead atoms. The summed E-state index contributed by atoms with van der Waals surface area (Å²) in [6.45, 7) is 0. The molecule has 0 fully saturated rings. The Morgan fingerprint density at radius 2 is 1.40 bits per heavy atom. The van der Waals surface area contributed by atoms with Crippen LogP contribution in [-0.2, 0) is 0 Å². The molecule has 0 saturated heterocycles. The maximum absolute atomic E-state index is 5.08. The van der Waals surface area contributed by atoms with E-state index in [1.807, 2.05) is 0 Å². The minimum atomic E-state index is 0.421. The fraction of sp³-hybridized carbons (Fsp3) is 0. The van der Waals surface area contributed by atoms with E-state index >= 15 is 0 Å². The molecule has 0 radical (unpaired) electrons. The van der Waals surface area contributed by atoms with E-state index in [4.69, 9.17) is 11.7 Å². The second kappa shape index (κ2) is 2.95. The standard InChI is InChI=1S/C4H8N6/c5-9-3-4(10-6)8-2-1-7-3/h1-2H,5-6H2,(H,7,9)(H,8,10). The Balaban J connectivity index is 2.96. The molecule has 0 saturated carbocycles. The largest absolute Gasteiger partial charge is 0.305 e. The zero-order chi connectivity index (χ0) is 7.40. The Bertz CT molecular complexity index is 188. The molecule has 1 aromatic heterocycles. The fourth-order valence-electron chi connectivity index (χ4n) is 0.549. The van der Waals surface area contributed by atoms with Crippen molar-refractivity contribution < 1.29 is 0 Å². The minimum Gasteiger partial charge on any atom is -0.305 e. The first-order valence-corrected chi connectivity index (χ1v) is 2.62. The van der Waals surface area contributed by atoms with E-state index in [1.54, 1.807) is 0 Å². The predicted octanol–water partition coefficient (Wildman–Crippen LogP) is -0.952. The van der Waals surface area contributed by atoms with Gasteiger partial charge in [0, 0.05) is 12.4 Å². The number of aromatic nitrogens is 2. The van der Waals surface area contributed by atoms with Crippen LogP contribution in [0.25, 0.3) is 0 Å². The van der Waals surface area contributed by atoms with Gasteiger partial charge < -0.3 is 10.9 Å². The molecule has 6 nitrogen and oxygen atoms in total. The van der Waals surface area contributed by atoms with Crippen LogP contribution in [0, 0.1) is 0 Å². The van der Waals surface area contributed by atoms with Crippen molar-refractivity contribution in [1.82, 2.24) is 9.97 Å². The number of hydrazine groups is 2. The second-order valence-electron chi connectivity index (χ2n) is 1.54. The van der Waals surface area contributed by atoms with Gasteiger partial charge in [-0.25, -0.2) is 21.7 Å². The van der Waals surface area contributed by atoms with Gasteiger partial charge in [-0.2, -0.15) is 0 Å². The van der Waals surface area contributed by atoms with Crippen molar-refractivity contribution in [3.05, 3.63) is 12.4 Å². The topological polar surface area (TPSA) is 102 Å². The molecule has 1 heterocycles. The van der Waals surface area contributed by atoms with Crippen LogP contribution in [0.1, 0.15) is 0 Å². The molecule has 10 heavy (non-hydrogen) atoms. The van der Waals surface area contributed by atoms with Crippen LogP contribution in [0.5, 0.6) is 0 Å². The quantitative estimate of drug-likeness (QED) is 0.312. The summed E-state index contributed by atoms with van der Waals surface area (Å²) < 4.78 is 0. The van der Waals surface area contributed by atoms with Crippen molar-refractivity contribution in [1.29, 1.82) is 0 Å². The average molecular weight is 140 g/mol. The molecule has 0 aliphatic rings. The molecule has 0 atom stereocenters. The van der Waals surface area contributed by atoms with Crippen molar-refractivity contribution in [3.63, 3.8) is 0 Å². The Kier molecular flexibility index (Phi) is 1.98. The number of anilines is 2. The van der Waals surface area contributed by atoms with Gasteiger partial charge in [0.05, 0.1) is 0 Å². The van der Waals surface area contributed by atoms with Crippen LogP contribution in [0.15, 0.2) is 12.4 Å². The Morgan fingerprint density at radius 3 is 1.70 bits per heavy atom. The lowest BCUT2D eigenvalue weighted by molar-refractivity contribution is 1.13. The van der Waals surface area contributed by atoms with Gasteiger partial charge in [0.15, 0.2) is 11.6 Å². The van der Waals surface area contributed by atoms with E-state index in [0.717, 1.165) is 0 Å². The number of hydrogen-bond donors (Lipinski definition) is 4. The SMILES string of the molecule is NNc1nccnc1NN. The lowest BCUT2D eigenvalue weighted by Crippen LogP contribution is -2.15. The molecule has 0 aliphatic carbocycles. The van der Waals surface area contributed by atoms with Gasteiger partial charge >= 0.3 is 0 Å². The monoisotopic (exact) mass is 140 g/mol. The number of nitrogen functional groups attached to an aromatic ring is 2. The van der Waals surface area contributed by atoms with E-state index in [0.29, 0.717) is 11.6 Å². The Morgan fingerprint density at radius 1 is 1.00 bits per heavy atom. The third kappa shape index (κ3) is 1.12. The molecule has 0 amide bonds. The molecule has 1 rings (SSSR count). The highest BCUT2D eigenvalue weighted by Gasteiger charge is 1.97. The molecule has 0 unspecified atom stereocenters. The summed E-state index contributed by atoms with van der Waals surface area (Å²) in [6.07, 6.45) is 3.02. The van der Waals surface area contributed by atoms with Crippen LogP contribution in [0.4, 0.5) is 11.6 Å². The van der Waals surface area contributed by atoms with E-state index in [1.165, 1.54) is 12.4 Å². The first kappa shape index (κ1) is 6.72. The van der Waals surface area contributed by atoms with Crippen molar-refractivity contribution >= 4 is 11.6 Å². The molecule has 0 aliphatic heterocycles. The fourth-order valence-corrected chi connectivity index (χ4v) is 0.549. The summed E-state index contributed by atoms with van der Waals surface area (Å²) >= 11 is 0. The van der Waals surface area contributed by atoms with E-state index in [-0.39, 0.29) is 0 Å². The lowest BCUT2D eigenvalue weighted by atomic mass is 10.6. The summed E-state index contributed by atoms with van der Waals surface area (Å²) in [5, 5.41) is 0. The number of nitrogens with two attached hydrogens (primary N) is 2. The van der Waals surface area contributed by atoms with Crippen molar-refractivity contribution in [2.75, 3.05) is 10.9 Å². The van der Waals surface area contributed by atoms with Crippen LogP contribution >= 0.6 is 0 Å². The summed E-state index contributed by atoms with van der Waals surface area (Å²) in [4.78, 5) is 7.65. The van der Waals surface area contributed by atoms with Crippen molar-refractivity contribution in [2.24, 2.45) is 11.7 Å². The number of nitrogens with zero attached hydrogens (tertiary/aromatic N) is 2. The molecule has 1 aromatic rings. The molecule has 0 spiro atoms. The number of nitrogens with one attached hydrogen (secondary N) is 2. The number of hydrogen-bond acceptors (Lipinski definition) is 6. The predicted molar refractivity (Wildman–Crippen MR) is 37.7 cm³/mol. The van der Waals surface area contributed by atoms with Gasteiger partial charge in [-0.1, -0.05) is 0 Å². The number of rotatable bonds is 2. The summed E-state index contributed by atoms with van der Waals surface area (Å²) in [5.41, 5.74) is 4.66. The lowest BCUT2D eigenvalue weighted by Gasteiger charge is -2.02. The highest BCUT2D eigenvalue weighted by atomic mass is 15.3. The van der Waals surface area contributed by atoms with Crippen molar-refractivity contribution in [3.8, 4) is 0 Å². The third-order valence-electron chi connectivity index (χ3n) is 0.972. The van der Waals surface area contributed by atoms with Crippen molar-refractivity contribution in [2.45, 2.75) is 0 Å². The molecule has 54 valence electrons. The summed E-state index contributed by atoms with van der Waals surface area (Å²) in [7, 11) is 0. The van der Waals surface area contributed by atoms with E-state index in [2.05, 4.69) is 20.8 Å². The highest BCUT2D eigenvalue weighted by Crippen LogP contribution is 2.09. The van der Waals surface area contributed by atoms with Crippen LogP contribution in [0.3, 0.4) is 0 Å². The average Bonchev–Trinajstić information content (AvgIpc) is 2.04. The summed E-state index contributed by atoms with van der Waals surface area (Å²) in [6, 6.07) is 0. The first-order valence-electron chi connectivity index (χ1n) is 2.62. The molecule has 0 aromatic carbocycles. The van der Waals surface area contributed by atoms with Crippen LogP contribution in [0.2, 0.25) is 0 Å². The second-order valence-corrected chi connectivity index (χ2v) is 1.54. The smallest absolute Gasteiger partial charge is 0.184 e. The maximum atomic E-state index is 5.08. The van der Waals surface area contributed by atoms with Gasteiger partial charge in [-0.15, -0.1) is 0 Å². The molecular formula is C4H8N6. The third-order valence-corrected chi connectivity index (χ3v) is 0.972. The van der Waals surface area contributed by atoms with E-state index < -0.39 is 0 Å². The highest BCUT2D eigenvalue weighted by molar-refractivity contribution is 5.56. The molecular weight excluding hydrogens is 132 g/mol.